The lowest BCUT2D eigenvalue weighted by Gasteiger charge is -2.15. The molecule has 2 N–H and O–H groups in total. The van der Waals surface area contributed by atoms with Crippen LogP contribution >= 0.6 is 0 Å². The number of nitrogens with one attached hydrogen (secondary N) is 2. The first-order chi connectivity index (χ1) is 12.2. The Morgan fingerprint density at radius 3 is 2.92 bits per heavy atom. The molecule has 0 saturated heterocycles. The third-order valence-electron chi connectivity index (χ3n) is 4.24. The van der Waals surface area contributed by atoms with Gasteiger partial charge in [0.2, 0.25) is 5.88 Å². The minimum absolute atomic E-state index is 0.0137. The van der Waals surface area contributed by atoms with Crippen molar-refractivity contribution in [2.24, 2.45) is 0 Å². The summed E-state index contributed by atoms with van der Waals surface area (Å²) in [4.78, 5) is 16.3. The first-order valence-corrected chi connectivity index (χ1v) is 8.82. The molecule has 3 rings (SSSR count). The van der Waals surface area contributed by atoms with E-state index in [1.165, 1.54) is 12.8 Å². The lowest BCUT2D eigenvalue weighted by atomic mass is 10.3. The van der Waals surface area contributed by atoms with Crippen molar-refractivity contribution in [3.8, 4) is 5.88 Å². The number of pyridine rings is 1. The van der Waals surface area contributed by atoms with Gasteiger partial charge in [-0.1, -0.05) is 6.07 Å². The predicted molar refractivity (Wildman–Crippen MR) is 94.2 cm³/mol. The first kappa shape index (κ1) is 17.3. The molecule has 0 radical (unpaired) electrons. The quantitative estimate of drug-likeness (QED) is 0.809. The summed E-state index contributed by atoms with van der Waals surface area (Å²) in [6.07, 6.45) is 10.3. The van der Waals surface area contributed by atoms with E-state index in [4.69, 9.17) is 4.74 Å². The summed E-state index contributed by atoms with van der Waals surface area (Å²) in [5, 5.41) is 9.86. The second-order valence-corrected chi connectivity index (χ2v) is 6.49. The van der Waals surface area contributed by atoms with Crippen molar-refractivity contribution in [1.29, 1.82) is 0 Å². The second-order valence-electron chi connectivity index (χ2n) is 6.49. The lowest BCUT2D eigenvalue weighted by Crippen LogP contribution is -2.42. The molecule has 1 saturated carbocycles. The van der Waals surface area contributed by atoms with Crippen LogP contribution in [-0.2, 0) is 13.1 Å². The van der Waals surface area contributed by atoms with Crippen molar-refractivity contribution in [3.05, 3.63) is 42.4 Å². The lowest BCUT2D eigenvalue weighted by molar-refractivity contribution is 0.201. The average molecular weight is 343 g/mol. The van der Waals surface area contributed by atoms with Gasteiger partial charge in [0.05, 0.1) is 6.54 Å². The zero-order valence-corrected chi connectivity index (χ0v) is 14.5. The van der Waals surface area contributed by atoms with Gasteiger partial charge < -0.3 is 15.4 Å². The largest absolute Gasteiger partial charge is 0.474 e. The van der Waals surface area contributed by atoms with Crippen LogP contribution in [0.2, 0.25) is 0 Å². The van der Waals surface area contributed by atoms with Gasteiger partial charge in [-0.25, -0.2) is 9.78 Å². The van der Waals surface area contributed by atoms with Crippen LogP contribution in [0.25, 0.3) is 0 Å². The number of nitrogens with zero attached hydrogens (tertiary/aromatic N) is 3. The zero-order valence-electron chi connectivity index (χ0n) is 14.5. The van der Waals surface area contributed by atoms with E-state index in [1.54, 1.807) is 17.1 Å². The Balaban J connectivity index is 1.39. The highest BCUT2D eigenvalue weighted by Gasteiger charge is 2.16. The molecule has 0 spiro atoms. The third kappa shape index (κ3) is 5.48. The molecule has 25 heavy (non-hydrogen) atoms. The minimum atomic E-state index is -0.203. The zero-order chi connectivity index (χ0) is 17.5. The van der Waals surface area contributed by atoms with E-state index in [0.29, 0.717) is 25.1 Å². The maximum atomic E-state index is 12.0. The SMILES string of the molecule is C[C@H](Cn1cccn1)NC(=O)NCc1ccc(OC2CCCC2)nc1. The summed E-state index contributed by atoms with van der Waals surface area (Å²) in [5.74, 6) is 0.660. The Labute approximate surface area is 147 Å². The molecule has 0 aromatic carbocycles. The molecule has 1 fully saturated rings. The van der Waals surface area contributed by atoms with Gasteiger partial charge in [-0.05, 0) is 44.2 Å². The summed E-state index contributed by atoms with van der Waals surface area (Å²) >= 11 is 0. The molecule has 1 aliphatic carbocycles. The Morgan fingerprint density at radius 2 is 2.24 bits per heavy atom. The number of aromatic nitrogens is 3. The minimum Gasteiger partial charge on any atom is -0.474 e. The van der Waals surface area contributed by atoms with Crippen molar-refractivity contribution >= 4 is 6.03 Å². The van der Waals surface area contributed by atoms with E-state index in [2.05, 4.69) is 20.7 Å². The van der Waals surface area contributed by atoms with Crippen molar-refractivity contribution in [2.45, 2.75) is 57.8 Å². The Kier molecular flexibility index (Phi) is 5.87. The molecule has 0 bridgehead atoms. The van der Waals surface area contributed by atoms with Crippen molar-refractivity contribution in [2.75, 3.05) is 0 Å². The van der Waals surface area contributed by atoms with Crippen LogP contribution in [0.3, 0.4) is 0 Å². The molecule has 0 aliphatic heterocycles. The summed E-state index contributed by atoms with van der Waals surface area (Å²) < 4.78 is 7.63. The standard InChI is InChI=1S/C18H25N5O2/c1-14(13-23-10-4-9-21-23)22-18(24)20-12-15-7-8-17(19-11-15)25-16-5-2-3-6-16/h4,7-11,14,16H,2-3,5-6,12-13H2,1H3,(H2,20,22,24)/t14-/m1/s1. The topological polar surface area (TPSA) is 81.1 Å². The normalized spacial score (nSPS) is 15.7. The van der Waals surface area contributed by atoms with Crippen molar-refractivity contribution < 1.29 is 9.53 Å². The predicted octanol–water partition coefficient (Wildman–Crippen LogP) is 2.49. The van der Waals surface area contributed by atoms with E-state index in [-0.39, 0.29) is 12.1 Å². The maximum absolute atomic E-state index is 12.0. The van der Waals surface area contributed by atoms with E-state index in [9.17, 15) is 4.79 Å². The molecule has 1 atom stereocenters. The van der Waals surface area contributed by atoms with Gasteiger partial charge in [0.1, 0.15) is 6.10 Å². The molecule has 2 heterocycles. The van der Waals surface area contributed by atoms with Crippen LogP contribution in [-0.4, -0.2) is 32.9 Å². The number of hydrogen-bond acceptors (Lipinski definition) is 4. The molecular formula is C18H25N5O2. The van der Waals surface area contributed by atoms with Crippen molar-refractivity contribution in [3.63, 3.8) is 0 Å². The van der Waals surface area contributed by atoms with Gasteiger partial charge in [0.25, 0.3) is 0 Å². The van der Waals surface area contributed by atoms with Crippen LogP contribution in [0.5, 0.6) is 5.88 Å². The van der Waals surface area contributed by atoms with Crippen LogP contribution in [0.15, 0.2) is 36.8 Å². The molecule has 2 amide bonds. The maximum Gasteiger partial charge on any atom is 0.315 e. The number of amides is 2. The summed E-state index contributed by atoms with van der Waals surface area (Å²) in [5.41, 5.74) is 0.939. The molecule has 134 valence electrons. The fraction of sp³-hybridized carbons (Fsp3) is 0.500. The van der Waals surface area contributed by atoms with Gasteiger partial charge in [0.15, 0.2) is 0 Å². The number of carbonyl (C=O) groups excluding carboxylic acids is 1. The van der Waals surface area contributed by atoms with Gasteiger partial charge in [-0.15, -0.1) is 0 Å². The second kappa shape index (κ2) is 8.50. The van der Waals surface area contributed by atoms with Crippen LogP contribution < -0.4 is 15.4 Å². The first-order valence-electron chi connectivity index (χ1n) is 8.82. The number of carbonyl (C=O) groups is 1. The summed E-state index contributed by atoms with van der Waals surface area (Å²) in [7, 11) is 0. The van der Waals surface area contributed by atoms with Crippen LogP contribution in [0.1, 0.15) is 38.2 Å². The molecule has 0 unspecified atom stereocenters. The average Bonchev–Trinajstić information content (AvgIpc) is 3.28. The van der Waals surface area contributed by atoms with E-state index in [1.807, 2.05) is 31.3 Å². The monoisotopic (exact) mass is 343 g/mol. The molecule has 7 heteroatoms. The third-order valence-corrected chi connectivity index (χ3v) is 4.24. The van der Waals surface area contributed by atoms with Crippen LogP contribution in [0, 0.1) is 0 Å². The van der Waals surface area contributed by atoms with Gasteiger partial charge >= 0.3 is 6.03 Å². The smallest absolute Gasteiger partial charge is 0.315 e. The summed E-state index contributed by atoms with van der Waals surface area (Å²) in [6, 6.07) is 5.45. The Bertz CT molecular complexity index is 651. The molecule has 2 aromatic rings. The fourth-order valence-corrected chi connectivity index (χ4v) is 2.95. The number of rotatable bonds is 7. The summed E-state index contributed by atoms with van der Waals surface area (Å²) in [6.45, 7) is 3.00. The van der Waals surface area contributed by atoms with Crippen LogP contribution in [0.4, 0.5) is 4.79 Å². The van der Waals surface area contributed by atoms with Crippen molar-refractivity contribution in [1.82, 2.24) is 25.4 Å². The highest BCUT2D eigenvalue weighted by atomic mass is 16.5. The Hall–Kier alpha value is -2.57. The van der Waals surface area contributed by atoms with Gasteiger partial charge in [-0.3, -0.25) is 4.68 Å². The van der Waals surface area contributed by atoms with Gasteiger partial charge in [0, 0.05) is 37.2 Å². The highest BCUT2D eigenvalue weighted by Crippen LogP contribution is 2.22. The fourth-order valence-electron chi connectivity index (χ4n) is 2.95. The molecule has 7 nitrogen and oxygen atoms in total. The highest BCUT2D eigenvalue weighted by molar-refractivity contribution is 5.74. The number of hydrogen-bond donors (Lipinski definition) is 2. The van der Waals surface area contributed by atoms with E-state index < -0.39 is 0 Å². The van der Waals surface area contributed by atoms with E-state index in [0.717, 1.165) is 18.4 Å². The molecule has 2 aromatic heterocycles. The Morgan fingerprint density at radius 1 is 1.40 bits per heavy atom. The van der Waals surface area contributed by atoms with Gasteiger partial charge in [-0.2, -0.15) is 5.10 Å². The molecular weight excluding hydrogens is 318 g/mol. The number of ether oxygens (including phenoxy) is 1. The molecule has 1 aliphatic rings. The van der Waals surface area contributed by atoms with E-state index >= 15 is 0 Å². The number of urea groups is 1.